The Bertz CT molecular complexity index is 226. The Labute approximate surface area is 82.4 Å². The summed E-state index contributed by atoms with van der Waals surface area (Å²) < 4.78 is 0. The first kappa shape index (κ1) is 9.30. The van der Waals surface area contributed by atoms with Crippen LogP contribution in [0.2, 0.25) is 0 Å². The Balaban J connectivity index is 2.18. The van der Waals surface area contributed by atoms with Crippen molar-refractivity contribution in [2.75, 3.05) is 0 Å². The SMILES string of the molecule is C=C1[C@@H]2CC[C@@H](C2)[C@]1(C)CC(C)C. The first-order chi connectivity index (χ1) is 6.04. The molecule has 3 atom stereocenters. The van der Waals surface area contributed by atoms with Gasteiger partial charge in [0.05, 0.1) is 0 Å². The third-order valence-electron chi connectivity index (χ3n) is 4.39. The van der Waals surface area contributed by atoms with E-state index >= 15 is 0 Å². The van der Waals surface area contributed by atoms with Gasteiger partial charge in [0.1, 0.15) is 0 Å². The summed E-state index contributed by atoms with van der Waals surface area (Å²) in [6, 6.07) is 0. The number of allylic oxidation sites excluding steroid dienone is 1. The zero-order chi connectivity index (χ0) is 9.64. The lowest BCUT2D eigenvalue weighted by molar-refractivity contribution is 0.211. The summed E-state index contributed by atoms with van der Waals surface area (Å²) in [5.74, 6) is 2.67. The zero-order valence-corrected chi connectivity index (χ0v) is 9.27. The van der Waals surface area contributed by atoms with Gasteiger partial charge in [-0.15, -0.1) is 0 Å². The third-order valence-corrected chi connectivity index (χ3v) is 4.39. The van der Waals surface area contributed by atoms with E-state index in [0.717, 1.165) is 17.8 Å². The molecule has 0 amide bonds. The van der Waals surface area contributed by atoms with Crippen molar-refractivity contribution in [1.82, 2.24) is 0 Å². The van der Waals surface area contributed by atoms with E-state index in [2.05, 4.69) is 27.4 Å². The van der Waals surface area contributed by atoms with Crippen LogP contribution in [-0.4, -0.2) is 0 Å². The maximum atomic E-state index is 4.34. The number of hydrogen-bond donors (Lipinski definition) is 0. The molecule has 0 aromatic rings. The Kier molecular flexibility index (Phi) is 2.05. The molecule has 0 unspecified atom stereocenters. The van der Waals surface area contributed by atoms with Gasteiger partial charge in [-0.1, -0.05) is 32.9 Å². The lowest BCUT2D eigenvalue weighted by Gasteiger charge is -2.37. The fraction of sp³-hybridized carbons (Fsp3) is 0.846. The van der Waals surface area contributed by atoms with Crippen molar-refractivity contribution in [3.8, 4) is 0 Å². The summed E-state index contributed by atoms with van der Waals surface area (Å²) in [5, 5.41) is 0. The quantitative estimate of drug-likeness (QED) is 0.560. The first-order valence-corrected chi connectivity index (χ1v) is 5.73. The Morgan fingerprint density at radius 2 is 2.15 bits per heavy atom. The molecule has 2 bridgehead atoms. The monoisotopic (exact) mass is 178 g/mol. The summed E-state index contributed by atoms with van der Waals surface area (Å²) in [5.41, 5.74) is 2.08. The fourth-order valence-corrected chi connectivity index (χ4v) is 3.75. The van der Waals surface area contributed by atoms with Crippen molar-refractivity contribution < 1.29 is 0 Å². The molecule has 74 valence electrons. The maximum Gasteiger partial charge on any atom is -0.00854 e. The smallest absolute Gasteiger partial charge is 0.00854 e. The van der Waals surface area contributed by atoms with Crippen LogP contribution in [0.5, 0.6) is 0 Å². The highest BCUT2D eigenvalue weighted by Crippen LogP contribution is 2.60. The van der Waals surface area contributed by atoms with E-state index in [9.17, 15) is 0 Å². The molecular formula is C13H22. The second kappa shape index (κ2) is 2.87. The van der Waals surface area contributed by atoms with Crippen LogP contribution in [0.4, 0.5) is 0 Å². The van der Waals surface area contributed by atoms with Gasteiger partial charge in [0.2, 0.25) is 0 Å². The van der Waals surface area contributed by atoms with Gasteiger partial charge in [0, 0.05) is 0 Å². The molecule has 0 aliphatic heterocycles. The molecular weight excluding hydrogens is 156 g/mol. The van der Waals surface area contributed by atoms with Crippen LogP contribution in [0, 0.1) is 23.2 Å². The van der Waals surface area contributed by atoms with E-state index in [1.165, 1.54) is 25.7 Å². The third kappa shape index (κ3) is 1.26. The minimum atomic E-state index is 0.497. The highest BCUT2D eigenvalue weighted by atomic mass is 14.5. The van der Waals surface area contributed by atoms with Crippen LogP contribution in [0.3, 0.4) is 0 Å². The summed E-state index contributed by atoms with van der Waals surface area (Å²) in [6.07, 6.45) is 5.69. The predicted octanol–water partition coefficient (Wildman–Crippen LogP) is 4.02. The lowest BCUT2D eigenvalue weighted by atomic mass is 9.67. The largest absolute Gasteiger partial charge is 0.0990 e. The lowest BCUT2D eigenvalue weighted by Crippen LogP contribution is -2.27. The van der Waals surface area contributed by atoms with Crippen LogP contribution >= 0.6 is 0 Å². The van der Waals surface area contributed by atoms with Gasteiger partial charge >= 0.3 is 0 Å². The molecule has 13 heavy (non-hydrogen) atoms. The molecule has 0 heterocycles. The van der Waals surface area contributed by atoms with Crippen LogP contribution in [-0.2, 0) is 0 Å². The molecule has 0 heteroatoms. The second-order valence-electron chi connectivity index (χ2n) is 5.75. The van der Waals surface area contributed by atoms with Crippen LogP contribution in [0.15, 0.2) is 12.2 Å². The van der Waals surface area contributed by atoms with Gasteiger partial charge in [0.15, 0.2) is 0 Å². The van der Waals surface area contributed by atoms with Gasteiger partial charge in [-0.3, -0.25) is 0 Å². The molecule has 2 saturated carbocycles. The summed E-state index contributed by atoms with van der Waals surface area (Å²) in [6.45, 7) is 11.5. The van der Waals surface area contributed by atoms with Crippen LogP contribution < -0.4 is 0 Å². The van der Waals surface area contributed by atoms with Crippen molar-refractivity contribution in [3.63, 3.8) is 0 Å². The molecule has 0 N–H and O–H groups in total. The average molecular weight is 178 g/mol. The van der Waals surface area contributed by atoms with Crippen LogP contribution in [0.1, 0.15) is 46.5 Å². The normalized spacial score (nSPS) is 43.5. The number of rotatable bonds is 2. The van der Waals surface area contributed by atoms with Gasteiger partial charge in [0.25, 0.3) is 0 Å². The maximum absolute atomic E-state index is 4.34. The average Bonchev–Trinajstić information content (AvgIpc) is 2.54. The van der Waals surface area contributed by atoms with Crippen LogP contribution in [0.25, 0.3) is 0 Å². The Hall–Kier alpha value is -0.260. The first-order valence-electron chi connectivity index (χ1n) is 5.73. The van der Waals surface area contributed by atoms with Crippen molar-refractivity contribution in [2.24, 2.45) is 23.2 Å². The zero-order valence-electron chi connectivity index (χ0n) is 9.27. The van der Waals surface area contributed by atoms with Gasteiger partial charge < -0.3 is 0 Å². The van der Waals surface area contributed by atoms with Crippen molar-refractivity contribution in [1.29, 1.82) is 0 Å². The Morgan fingerprint density at radius 3 is 2.62 bits per heavy atom. The molecule has 2 aliphatic rings. The standard InChI is InChI=1S/C13H22/c1-9(2)8-13(4)10(3)11-5-6-12(13)7-11/h9,11-12H,3,5-8H2,1-2,4H3/t11-,12+,13-/m1/s1. The topological polar surface area (TPSA) is 0 Å². The minimum Gasteiger partial charge on any atom is -0.0990 e. The van der Waals surface area contributed by atoms with E-state index in [1.807, 2.05) is 0 Å². The fourth-order valence-electron chi connectivity index (χ4n) is 3.75. The molecule has 0 aromatic carbocycles. The molecule has 0 spiro atoms. The molecule has 0 radical (unpaired) electrons. The van der Waals surface area contributed by atoms with E-state index in [1.54, 1.807) is 5.57 Å². The molecule has 2 rings (SSSR count). The Morgan fingerprint density at radius 1 is 1.46 bits per heavy atom. The van der Waals surface area contributed by atoms with E-state index in [0.29, 0.717) is 5.41 Å². The van der Waals surface area contributed by atoms with E-state index < -0.39 is 0 Å². The number of fused-ring (bicyclic) bond motifs is 2. The van der Waals surface area contributed by atoms with E-state index in [4.69, 9.17) is 0 Å². The minimum absolute atomic E-state index is 0.497. The van der Waals surface area contributed by atoms with Crippen molar-refractivity contribution in [3.05, 3.63) is 12.2 Å². The molecule has 0 saturated heterocycles. The van der Waals surface area contributed by atoms with Gasteiger partial charge in [-0.05, 0) is 48.9 Å². The predicted molar refractivity (Wildman–Crippen MR) is 57.5 cm³/mol. The van der Waals surface area contributed by atoms with Crippen molar-refractivity contribution >= 4 is 0 Å². The van der Waals surface area contributed by atoms with Gasteiger partial charge in [-0.2, -0.15) is 0 Å². The molecule has 0 nitrogen and oxygen atoms in total. The summed E-state index contributed by atoms with van der Waals surface area (Å²) >= 11 is 0. The molecule has 2 aliphatic carbocycles. The summed E-state index contributed by atoms with van der Waals surface area (Å²) in [7, 11) is 0. The second-order valence-corrected chi connectivity index (χ2v) is 5.75. The highest BCUT2D eigenvalue weighted by molar-refractivity contribution is 5.24. The highest BCUT2D eigenvalue weighted by Gasteiger charge is 2.50. The molecule has 0 aromatic heterocycles. The van der Waals surface area contributed by atoms with E-state index in [-0.39, 0.29) is 0 Å². The molecule has 2 fully saturated rings. The van der Waals surface area contributed by atoms with Crippen molar-refractivity contribution in [2.45, 2.75) is 46.5 Å². The summed E-state index contributed by atoms with van der Waals surface area (Å²) in [4.78, 5) is 0. The van der Waals surface area contributed by atoms with Gasteiger partial charge in [-0.25, -0.2) is 0 Å². The number of hydrogen-bond acceptors (Lipinski definition) is 0.